The highest BCUT2D eigenvalue weighted by molar-refractivity contribution is 5.98. The number of H-pyrrole nitrogens is 1. The van der Waals surface area contributed by atoms with E-state index >= 15 is 0 Å². The van der Waals surface area contributed by atoms with Crippen LogP contribution < -0.4 is 20.4 Å². The standard InChI is InChI=1S/C20H24N8O2/c1-4-27-14-10-12(26-30)6-7-15(14)28(3,5-2)16(27)11-23-20(29)17-18(21)25-19-13(24-17)8-9-22-19/h6-10,16H,4-5,11H2,1-3H3,(H3-,21,22,23,24,25,29)/p+1. The van der Waals surface area contributed by atoms with E-state index in [4.69, 9.17) is 5.73 Å². The maximum Gasteiger partial charge on any atom is 0.274 e. The van der Waals surface area contributed by atoms with Crippen LogP contribution in [0.4, 0.5) is 22.9 Å². The number of quaternary nitrogens is 1. The molecule has 3 aromatic rings. The molecule has 0 spiro atoms. The zero-order valence-electron chi connectivity index (χ0n) is 17.2. The first-order valence-electron chi connectivity index (χ1n) is 9.91. The Labute approximate surface area is 173 Å². The first-order chi connectivity index (χ1) is 14.4. The third kappa shape index (κ3) is 2.96. The molecule has 1 aromatic carbocycles. The average molecular weight is 409 g/mol. The van der Waals surface area contributed by atoms with Gasteiger partial charge < -0.3 is 20.9 Å². The Bertz CT molecular complexity index is 1130. The number of nitrogen functional groups attached to an aromatic ring is 1. The van der Waals surface area contributed by atoms with Gasteiger partial charge in [0.05, 0.1) is 20.1 Å². The molecule has 0 radical (unpaired) electrons. The Morgan fingerprint density at radius 3 is 2.83 bits per heavy atom. The average Bonchev–Trinajstić information content (AvgIpc) is 3.30. The first-order valence-corrected chi connectivity index (χ1v) is 9.91. The highest BCUT2D eigenvalue weighted by Gasteiger charge is 2.47. The molecule has 2 unspecified atom stereocenters. The number of nitrogens with two attached hydrogens (primary N) is 1. The lowest BCUT2D eigenvalue weighted by molar-refractivity contribution is 0.0937. The van der Waals surface area contributed by atoms with Crippen molar-refractivity contribution in [3.8, 4) is 0 Å². The molecule has 4 N–H and O–H groups in total. The summed E-state index contributed by atoms with van der Waals surface area (Å²) in [6.07, 6.45) is 1.65. The van der Waals surface area contributed by atoms with Crippen molar-refractivity contribution in [3.05, 3.63) is 41.1 Å². The highest BCUT2D eigenvalue weighted by Crippen LogP contribution is 2.45. The van der Waals surface area contributed by atoms with Gasteiger partial charge in [0, 0.05) is 18.8 Å². The van der Waals surface area contributed by atoms with Crippen molar-refractivity contribution in [2.75, 3.05) is 37.3 Å². The van der Waals surface area contributed by atoms with Crippen LogP contribution in [0.1, 0.15) is 24.3 Å². The van der Waals surface area contributed by atoms with Crippen molar-refractivity contribution < 1.29 is 4.79 Å². The maximum atomic E-state index is 12.9. The number of carbonyl (C=O) groups excluding carboxylic acids is 1. The molecule has 1 aliphatic rings. The van der Waals surface area contributed by atoms with Gasteiger partial charge in [0.15, 0.2) is 29.0 Å². The number of anilines is 2. The molecule has 10 nitrogen and oxygen atoms in total. The molecule has 4 rings (SSSR count). The lowest BCUT2D eigenvalue weighted by Gasteiger charge is -2.37. The Kier molecular flexibility index (Phi) is 4.86. The van der Waals surface area contributed by atoms with E-state index in [2.05, 4.69) is 44.3 Å². The van der Waals surface area contributed by atoms with Gasteiger partial charge in [-0.15, -0.1) is 4.91 Å². The lowest BCUT2D eigenvalue weighted by Crippen LogP contribution is -2.61. The van der Waals surface area contributed by atoms with E-state index in [1.807, 2.05) is 19.1 Å². The monoisotopic (exact) mass is 409 g/mol. The summed E-state index contributed by atoms with van der Waals surface area (Å²) in [5.74, 6) is -0.285. The van der Waals surface area contributed by atoms with Crippen molar-refractivity contribution in [2.45, 2.75) is 20.0 Å². The summed E-state index contributed by atoms with van der Waals surface area (Å²) in [6, 6.07) is 7.23. The lowest BCUT2D eigenvalue weighted by atomic mass is 10.2. The van der Waals surface area contributed by atoms with E-state index in [1.54, 1.807) is 18.3 Å². The Morgan fingerprint density at radius 2 is 2.13 bits per heavy atom. The molecule has 1 aliphatic heterocycles. The van der Waals surface area contributed by atoms with Gasteiger partial charge >= 0.3 is 0 Å². The molecule has 0 fully saturated rings. The van der Waals surface area contributed by atoms with Gasteiger partial charge in [-0.05, 0) is 37.2 Å². The number of hydrogen-bond donors (Lipinski definition) is 3. The predicted octanol–water partition coefficient (Wildman–Crippen LogP) is 2.49. The number of amides is 1. The van der Waals surface area contributed by atoms with Gasteiger partial charge in [-0.1, -0.05) is 0 Å². The van der Waals surface area contributed by atoms with Crippen LogP contribution in [-0.2, 0) is 0 Å². The van der Waals surface area contributed by atoms with E-state index < -0.39 is 0 Å². The van der Waals surface area contributed by atoms with Crippen molar-refractivity contribution >= 4 is 40.0 Å². The van der Waals surface area contributed by atoms with E-state index in [-0.39, 0.29) is 23.6 Å². The molecule has 0 aliphatic carbocycles. The number of fused-ring (bicyclic) bond motifs is 2. The van der Waals surface area contributed by atoms with Gasteiger partial charge in [0.2, 0.25) is 0 Å². The van der Waals surface area contributed by atoms with Crippen molar-refractivity contribution in [3.63, 3.8) is 0 Å². The second-order valence-electron chi connectivity index (χ2n) is 7.49. The number of nitrogens with zero attached hydrogens (tertiary/aromatic N) is 5. The van der Waals surface area contributed by atoms with Crippen LogP contribution in [0.2, 0.25) is 0 Å². The number of carbonyl (C=O) groups is 1. The van der Waals surface area contributed by atoms with Crippen LogP contribution >= 0.6 is 0 Å². The van der Waals surface area contributed by atoms with Crippen molar-refractivity contribution in [1.82, 2.24) is 24.8 Å². The summed E-state index contributed by atoms with van der Waals surface area (Å²) in [6.45, 7) is 6.07. The summed E-state index contributed by atoms with van der Waals surface area (Å²) < 4.78 is 0.598. The highest BCUT2D eigenvalue weighted by atomic mass is 16.3. The molecule has 0 saturated carbocycles. The zero-order chi connectivity index (χ0) is 21.5. The number of aromatic nitrogens is 3. The normalized spacial score (nSPS) is 20.4. The van der Waals surface area contributed by atoms with Crippen LogP contribution in [0.25, 0.3) is 11.2 Å². The number of nitrogens with one attached hydrogen (secondary N) is 2. The third-order valence-electron chi connectivity index (χ3n) is 6.01. The summed E-state index contributed by atoms with van der Waals surface area (Å²) in [7, 11) is 2.12. The SMILES string of the molecule is CCN1c2cc(N=O)ccc2[N+](C)(CC)C1CNC(=O)c1nc2cc[nH]c2nc1N. The molecule has 3 heterocycles. The molecule has 0 saturated heterocycles. The van der Waals surface area contributed by atoms with Gasteiger partial charge in [-0.3, -0.25) is 9.28 Å². The van der Waals surface area contributed by atoms with Crippen LogP contribution in [0.5, 0.6) is 0 Å². The van der Waals surface area contributed by atoms with Crippen LogP contribution in [0.3, 0.4) is 0 Å². The molecular weight excluding hydrogens is 384 g/mol. The second kappa shape index (κ2) is 7.38. The summed E-state index contributed by atoms with van der Waals surface area (Å²) in [5.41, 5.74) is 9.65. The Balaban J connectivity index is 1.61. The minimum Gasteiger partial charge on any atom is -0.382 e. The van der Waals surface area contributed by atoms with Crippen LogP contribution in [0, 0.1) is 4.91 Å². The van der Waals surface area contributed by atoms with Crippen LogP contribution in [0.15, 0.2) is 35.6 Å². The van der Waals surface area contributed by atoms with Crippen molar-refractivity contribution in [1.29, 1.82) is 0 Å². The topological polar surface area (TPSA) is 129 Å². The number of hydrogen-bond acceptors (Lipinski definition) is 7. The number of likely N-dealkylation sites (N-methyl/N-ethyl adjacent to an activating group) is 2. The Hall–Kier alpha value is -3.53. The minimum absolute atomic E-state index is 0.0500. The van der Waals surface area contributed by atoms with E-state index in [0.29, 0.717) is 27.9 Å². The van der Waals surface area contributed by atoms with Gasteiger partial charge in [-0.2, -0.15) is 0 Å². The fourth-order valence-electron chi connectivity index (χ4n) is 4.25. The molecular formula is C20H25N8O2+. The van der Waals surface area contributed by atoms with E-state index in [9.17, 15) is 9.70 Å². The zero-order valence-corrected chi connectivity index (χ0v) is 17.2. The molecule has 2 aromatic heterocycles. The molecule has 10 heteroatoms. The Morgan fingerprint density at radius 1 is 1.33 bits per heavy atom. The van der Waals surface area contributed by atoms with Crippen molar-refractivity contribution in [2.24, 2.45) is 5.18 Å². The first kappa shape index (κ1) is 19.8. The van der Waals surface area contributed by atoms with Crippen LogP contribution in [-0.4, -0.2) is 53.7 Å². The number of rotatable bonds is 6. The third-order valence-corrected chi connectivity index (χ3v) is 6.01. The molecule has 2 atom stereocenters. The quantitative estimate of drug-likeness (QED) is 0.424. The molecule has 1 amide bonds. The van der Waals surface area contributed by atoms with E-state index in [1.165, 1.54) is 0 Å². The summed E-state index contributed by atoms with van der Waals surface area (Å²) >= 11 is 0. The fourth-order valence-corrected chi connectivity index (χ4v) is 4.25. The summed E-state index contributed by atoms with van der Waals surface area (Å²) in [4.78, 5) is 37.6. The molecule has 30 heavy (non-hydrogen) atoms. The predicted molar refractivity (Wildman–Crippen MR) is 118 cm³/mol. The number of benzene rings is 1. The fraction of sp³-hybridized carbons (Fsp3) is 0.350. The second-order valence-corrected chi connectivity index (χ2v) is 7.49. The van der Waals surface area contributed by atoms with Gasteiger partial charge in [0.1, 0.15) is 16.9 Å². The number of aromatic amines is 1. The van der Waals surface area contributed by atoms with Gasteiger partial charge in [0.25, 0.3) is 5.91 Å². The minimum atomic E-state index is -0.368. The molecule has 156 valence electrons. The van der Waals surface area contributed by atoms with E-state index in [0.717, 1.165) is 24.5 Å². The molecule has 0 bridgehead atoms. The largest absolute Gasteiger partial charge is 0.382 e. The number of nitroso groups, excluding NO2 is 1. The smallest absolute Gasteiger partial charge is 0.274 e. The summed E-state index contributed by atoms with van der Waals surface area (Å²) in [5, 5.41) is 6.06. The maximum absolute atomic E-state index is 12.9. The van der Waals surface area contributed by atoms with Gasteiger partial charge in [-0.25, -0.2) is 9.97 Å².